The van der Waals surface area contributed by atoms with Gasteiger partial charge in [0.1, 0.15) is 5.76 Å². The van der Waals surface area contributed by atoms with Gasteiger partial charge >= 0.3 is 0 Å². The first kappa shape index (κ1) is 10.1. The minimum absolute atomic E-state index is 0.102. The van der Waals surface area contributed by atoms with Crippen LogP contribution in [0.1, 0.15) is 30.6 Å². The third-order valence-electron chi connectivity index (χ3n) is 2.81. The summed E-state index contributed by atoms with van der Waals surface area (Å²) in [6.07, 6.45) is 4.91. The molecule has 0 bridgehead atoms. The molecule has 0 radical (unpaired) electrons. The zero-order chi connectivity index (χ0) is 9.97. The lowest BCUT2D eigenvalue weighted by Crippen LogP contribution is -2.15. The van der Waals surface area contributed by atoms with Crippen molar-refractivity contribution in [1.29, 1.82) is 0 Å². The van der Waals surface area contributed by atoms with Gasteiger partial charge in [0.05, 0.1) is 18.1 Å². The van der Waals surface area contributed by atoms with Gasteiger partial charge in [-0.2, -0.15) is 0 Å². The largest absolute Gasteiger partial charge is 0.468 e. The molecule has 1 aliphatic carbocycles. The molecule has 78 valence electrons. The highest BCUT2D eigenvalue weighted by Crippen LogP contribution is 2.32. The van der Waals surface area contributed by atoms with Crippen molar-refractivity contribution in [3.05, 3.63) is 23.7 Å². The molecule has 1 fully saturated rings. The molecular weight excluding hydrogens is 196 g/mol. The first-order valence-corrected chi connectivity index (χ1v) is 6.15. The Hall–Kier alpha value is -0.410. The Balaban J connectivity index is 1.85. The summed E-state index contributed by atoms with van der Waals surface area (Å²) in [5.74, 6) is 1.94. The number of hydrogen-bond acceptors (Lipinski definition) is 3. The summed E-state index contributed by atoms with van der Waals surface area (Å²) in [5, 5.41) is 10.1. The van der Waals surface area contributed by atoms with E-state index in [4.69, 9.17) is 4.42 Å². The summed E-state index contributed by atoms with van der Waals surface area (Å²) in [5.41, 5.74) is 1.21. The highest BCUT2D eigenvalue weighted by molar-refractivity contribution is 7.99. The fourth-order valence-corrected chi connectivity index (χ4v) is 3.19. The number of furan rings is 1. The van der Waals surface area contributed by atoms with E-state index in [-0.39, 0.29) is 6.10 Å². The van der Waals surface area contributed by atoms with Crippen LogP contribution in [0.5, 0.6) is 0 Å². The normalized spacial score (nSPS) is 27.0. The zero-order valence-corrected chi connectivity index (χ0v) is 9.22. The summed E-state index contributed by atoms with van der Waals surface area (Å²) in [4.78, 5) is 0. The second-order valence-corrected chi connectivity index (χ2v) is 5.10. The van der Waals surface area contributed by atoms with Crippen LogP contribution in [0.25, 0.3) is 0 Å². The van der Waals surface area contributed by atoms with Crippen molar-refractivity contribution in [2.45, 2.75) is 43.3 Å². The van der Waals surface area contributed by atoms with Gasteiger partial charge in [0.15, 0.2) is 0 Å². The van der Waals surface area contributed by atoms with Gasteiger partial charge in [-0.25, -0.2) is 0 Å². The Morgan fingerprint density at radius 1 is 1.57 bits per heavy atom. The lowest BCUT2D eigenvalue weighted by Gasteiger charge is -2.12. The first-order valence-electron chi connectivity index (χ1n) is 5.10. The molecule has 2 nitrogen and oxygen atoms in total. The van der Waals surface area contributed by atoms with Crippen molar-refractivity contribution in [2.75, 3.05) is 0 Å². The van der Waals surface area contributed by atoms with Gasteiger partial charge in [-0.05, 0) is 37.8 Å². The monoisotopic (exact) mass is 212 g/mol. The van der Waals surface area contributed by atoms with Gasteiger partial charge in [-0.3, -0.25) is 0 Å². The lowest BCUT2D eigenvalue weighted by atomic mass is 10.3. The van der Waals surface area contributed by atoms with Crippen LogP contribution in [-0.2, 0) is 5.75 Å². The van der Waals surface area contributed by atoms with Crippen LogP contribution >= 0.6 is 11.8 Å². The maximum absolute atomic E-state index is 9.64. The summed E-state index contributed by atoms with van der Waals surface area (Å²) < 4.78 is 5.36. The Morgan fingerprint density at radius 3 is 3.00 bits per heavy atom. The van der Waals surface area contributed by atoms with Crippen molar-refractivity contribution >= 4 is 11.8 Å². The molecule has 1 heterocycles. The third kappa shape index (κ3) is 2.15. The Bertz CT molecular complexity index is 295. The van der Waals surface area contributed by atoms with Crippen molar-refractivity contribution < 1.29 is 9.52 Å². The molecule has 0 saturated heterocycles. The zero-order valence-electron chi connectivity index (χ0n) is 8.40. The van der Waals surface area contributed by atoms with Crippen LogP contribution < -0.4 is 0 Å². The highest BCUT2D eigenvalue weighted by atomic mass is 32.2. The van der Waals surface area contributed by atoms with E-state index in [9.17, 15) is 5.11 Å². The molecule has 0 spiro atoms. The van der Waals surface area contributed by atoms with Crippen molar-refractivity contribution in [1.82, 2.24) is 0 Å². The lowest BCUT2D eigenvalue weighted by molar-refractivity contribution is 0.188. The van der Waals surface area contributed by atoms with Gasteiger partial charge in [-0.15, -0.1) is 11.8 Å². The number of hydrogen-bond donors (Lipinski definition) is 1. The van der Waals surface area contributed by atoms with E-state index in [0.717, 1.165) is 30.8 Å². The quantitative estimate of drug-likeness (QED) is 0.836. The van der Waals surface area contributed by atoms with E-state index in [0.29, 0.717) is 5.25 Å². The van der Waals surface area contributed by atoms with Gasteiger partial charge in [-0.1, -0.05) is 0 Å². The SMILES string of the molecule is Cc1ccoc1CS[C@@H]1CCC[C@H]1O. The number of aryl methyl sites for hydroxylation is 1. The third-order valence-corrected chi connectivity index (χ3v) is 4.22. The summed E-state index contributed by atoms with van der Waals surface area (Å²) in [7, 11) is 0. The standard InChI is InChI=1S/C11H16O2S/c1-8-5-6-13-10(8)7-14-11-4-2-3-9(11)12/h5-6,9,11-12H,2-4,7H2,1H3/t9-,11-/m1/s1. The van der Waals surface area contributed by atoms with E-state index in [1.54, 1.807) is 6.26 Å². The number of rotatable bonds is 3. The molecule has 3 heteroatoms. The van der Waals surface area contributed by atoms with E-state index in [2.05, 4.69) is 6.92 Å². The van der Waals surface area contributed by atoms with Gasteiger partial charge < -0.3 is 9.52 Å². The topological polar surface area (TPSA) is 33.4 Å². The molecule has 0 aliphatic heterocycles. The number of thioether (sulfide) groups is 1. The van der Waals surface area contributed by atoms with Crippen molar-refractivity contribution in [2.24, 2.45) is 0 Å². The molecule has 0 unspecified atom stereocenters. The average Bonchev–Trinajstić information content (AvgIpc) is 2.72. The van der Waals surface area contributed by atoms with Crippen molar-refractivity contribution in [3.8, 4) is 0 Å². The van der Waals surface area contributed by atoms with Crippen molar-refractivity contribution in [3.63, 3.8) is 0 Å². The van der Waals surface area contributed by atoms with Gasteiger partial charge in [0.2, 0.25) is 0 Å². The second-order valence-electron chi connectivity index (χ2n) is 3.87. The average molecular weight is 212 g/mol. The molecule has 0 amide bonds. The smallest absolute Gasteiger partial charge is 0.116 e. The Labute approximate surface area is 88.7 Å². The van der Waals surface area contributed by atoms with E-state index >= 15 is 0 Å². The first-order chi connectivity index (χ1) is 6.77. The fraction of sp³-hybridized carbons (Fsp3) is 0.636. The molecule has 1 aliphatic rings. The molecule has 1 N–H and O–H groups in total. The molecular formula is C11H16O2S. The Morgan fingerprint density at radius 2 is 2.43 bits per heavy atom. The highest BCUT2D eigenvalue weighted by Gasteiger charge is 2.25. The van der Waals surface area contributed by atoms with Crippen LogP contribution in [0, 0.1) is 6.92 Å². The molecule has 1 saturated carbocycles. The molecule has 2 atom stereocenters. The minimum atomic E-state index is -0.102. The fourth-order valence-electron chi connectivity index (χ4n) is 1.84. The van der Waals surface area contributed by atoms with E-state index in [1.165, 1.54) is 5.56 Å². The summed E-state index contributed by atoms with van der Waals surface area (Å²) in [6, 6.07) is 1.99. The molecule has 1 aromatic heterocycles. The number of aliphatic hydroxyl groups excluding tert-OH is 1. The predicted molar refractivity (Wildman–Crippen MR) is 58.4 cm³/mol. The van der Waals surface area contributed by atoms with Crippen LogP contribution in [0.2, 0.25) is 0 Å². The van der Waals surface area contributed by atoms with Crippen LogP contribution in [0.15, 0.2) is 16.7 Å². The van der Waals surface area contributed by atoms with Crippen LogP contribution in [-0.4, -0.2) is 16.5 Å². The van der Waals surface area contributed by atoms with E-state index in [1.807, 2.05) is 17.8 Å². The van der Waals surface area contributed by atoms with Crippen LogP contribution in [0.3, 0.4) is 0 Å². The van der Waals surface area contributed by atoms with Crippen LogP contribution in [0.4, 0.5) is 0 Å². The maximum Gasteiger partial charge on any atom is 0.116 e. The van der Waals surface area contributed by atoms with Gasteiger partial charge in [0, 0.05) is 5.25 Å². The molecule has 2 rings (SSSR count). The molecule has 14 heavy (non-hydrogen) atoms. The number of aliphatic hydroxyl groups is 1. The summed E-state index contributed by atoms with van der Waals surface area (Å²) >= 11 is 1.82. The minimum Gasteiger partial charge on any atom is -0.468 e. The summed E-state index contributed by atoms with van der Waals surface area (Å²) in [6.45, 7) is 2.06. The molecule has 0 aromatic carbocycles. The molecule has 1 aromatic rings. The predicted octanol–water partition coefficient (Wildman–Crippen LogP) is 2.73. The van der Waals surface area contributed by atoms with E-state index < -0.39 is 0 Å². The maximum atomic E-state index is 9.64. The van der Waals surface area contributed by atoms with Gasteiger partial charge in [0.25, 0.3) is 0 Å². The second kappa shape index (κ2) is 4.41. The Kier molecular flexibility index (Phi) is 3.19.